The summed E-state index contributed by atoms with van der Waals surface area (Å²) in [5.41, 5.74) is 0.280. The first-order chi connectivity index (χ1) is 5.99. The molecule has 81 valence electrons. The van der Waals surface area contributed by atoms with Gasteiger partial charge < -0.3 is 6.92 Å². The minimum Gasteiger partial charge on any atom is -0.338 e. The van der Waals surface area contributed by atoms with Crippen LogP contribution in [0.3, 0.4) is 0 Å². The molecule has 0 spiro atoms. The van der Waals surface area contributed by atoms with Crippen molar-refractivity contribution in [2.45, 2.75) is 53.4 Å². The Kier molecular flexibility index (Phi) is 19.0. The summed E-state index contributed by atoms with van der Waals surface area (Å²) in [7, 11) is 6.33. The summed E-state index contributed by atoms with van der Waals surface area (Å²) < 4.78 is 0. The van der Waals surface area contributed by atoms with Crippen LogP contribution < -0.4 is 0 Å². The molecule has 0 heterocycles. The van der Waals surface area contributed by atoms with Crippen molar-refractivity contribution >= 4 is 16.7 Å². The van der Waals surface area contributed by atoms with E-state index in [4.69, 9.17) is 0 Å². The van der Waals surface area contributed by atoms with Crippen LogP contribution in [0.5, 0.6) is 0 Å². The molecular formula is C11H25BPY-. The molecule has 0 aliphatic rings. The molecule has 1 unspecified atom stereocenters. The smallest absolute Gasteiger partial charge is 0.0996 e. The molecule has 14 heavy (non-hydrogen) atoms. The van der Waals surface area contributed by atoms with Crippen LogP contribution in [0.4, 0.5) is 0 Å². The van der Waals surface area contributed by atoms with Gasteiger partial charge >= 0.3 is 0 Å². The fraction of sp³-hybridized carbons (Fsp3) is 0.909. The topological polar surface area (TPSA) is 0 Å². The molecule has 0 amide bonds. The van der Waals surface area contributed by atoms with Crippen molar-refractivity contribution in [1.82, 2.24) is 0 Å². The van der Waals surface area contributed by atoms with E-state index >= 15 is 0 Å². The molecule has 0 aliphatic carbocycles. The molecule has 0 nitrogen and oxygen atoms in total. The Morgan fingerprint density at radius 1 is 1.21 bits per heavy atom. The zero-order chi connectivity index (χ0) is 10.9. The molecule has 0 saturated carbocycles. The van der Waals surface area contributed by atoms with Crippen molar-refractivity contribution in [1.29, 1.82) is 0 Å². The monoisotopic (exact) mass is 288 g/mol. The van der Waals surface area contributed by atoms with Gasteiger partial charge in [0, 0.05) is 32.7 Å². The van der Waals surface area contributed by atoms with E-state index in [-0.39, 0.29) is 38.1 Å². The maximum Gasteiger partial charge on any atom is 0.0996 e. The second-order valence-electron chi connectivity index (χ2n) is 4.39. The van der Waals surface area contributed by atoms with Gasteiger partial charge in [0.1, 0.15) is 0 Å². The van der Waals surface area contributed by atoms with Gasteiger partial charge in [-0.2, -0.15) is 14.5 Å². The summed E-state index contributed by atoms with van der Waals surface area (Å²) in [6, 6.07) is 0. The molecule has 0 bridgehead atoms. The summed E-state index contributed by atoms with van der Waals surface area (Å²) in [6.45, 7) is 13.1. The van der Waals surface area contributed by atoms with Gasteiger partial charge in [-0.05, 0) is 5.92 Å². The summed E-state index contributed by atoms with van der Waals surface area (Å²) in [5, 5.41) is 0. The Balaban J connectivity index is -0.000000376. The molecule has 0 aromatic carbocycles. The van der Waals surface area contributed by atoms with Gasteiger partial charge in [0.2, 0.25) is 0 Å². The fourth-order valence-corrected chi connectivity index (χ4v) is 1.29. The average Bonchev–Trinajstić information content (AvgIpc) is 2.08. The van der Waals surface area contributed by atoms with Gasteiger partial charge in [0.25, 0.3) is 0 Å². The van der Waals surface area contributed by atoms with Crippen molar-refractivity contribution in [3.8, 4) is 0 Å². The second kappa shape index (κ2) is 12.7. The molecule has 0 N–H and O–H groups in total. The zero-order valence-corrected chi connectivity index (χ0v) is 14.3. The number of hydrogen-bond donors (Lipinski definition) is 0. The van der Waals surface area contributed by atoms with E-state index < -0.39 is 0 Å². The van der Waals surface area contributed by atoms with Crippen molar-refractivity contribution in [2.24, 2.45) is 11.3 Å². The van der Waals surface area contributed by atoms with E-state index in [1.54, 1.807) is 0 Å². The van der Waals surface area contributed by atoms with Gasteiger partial charge in [0.15, 0.2) is 0 Å². The minimum absolute atomic E-state index is 0. The van der Waals surface area contributed by atoms with E-state index in [1.165, 1.54) is 25.7 Å². The number of hydrogen-bond acceptors (Lipinski definition) is 0. The third kappa shape index (κ3) is 16.0. The first-order valence-electron chi connectivity index (χ1n) is 5.18. The summed E-state index contributed by atoms with van der Waals surface area (Å²) in [4.78, 5) is 0. The molecule has 0 aliphatic heterocycles. The van der Waals surface area contributed by atoms with E-state index in [2.05, 4.69) is 42.2 Å². The summed E-state index contributed by atoms with van der Waals surface area (Å²) in [6.07, 6.45) is 5.27. The molecule has 0 fully saturated rings. The van der Waals surface area contributed by atoms with Crippen molar-refractivity contribution in [3.05, 3.63) is 6.92 Å². The van der Waals surface area contributed by atoms with E-state index in [0.717, 1.165) is 5.92 Å². The van der Waals surface area contributed by atoms with Crippen LogP contribution in [0.15, 0.2) is 0 Å². The largest absolute Gasteiger partial charge is 0.338 e. The molecule has 0 aromatic heterocycles. The zero-order valence-electron chi connectivity index (χ0n) is 10.3. The fourth-order valence-electron chi connectivity index (χ4n) is 1.29. The van der Waals surface area contributed by atoms with E-state index in [9.17, 15) is 0 Å². The van der Waals surface area contributed by atoms with Gasteiger partial charge in [-0.15, -0.1) is 0 Å². The Labute approximate surface area is 120 Å². The quantitative estimate of drug-likeness (QED) is 0.407. The molecule has 0 rings (SSSR count). The third-order valence-corrected chi connectivity index (χ3v) is 2.38. The first-order valence-corrected chi connectivity index (χ1v) is 5.85. The van der Waals surface area contributed by atoms with Crippen LogP contribution in [0.2, 0.25) is 0 Å². The van der Waals surface area contributed by atoms with Crippen LogP contribution in [-0.2, 0) is 32.7 Å². The predicted molar refractivity (Wildman–Crippen MR) is 67.9 cm³/mol. The maximum absolute atomic E-state index is 4.42. The predicted octanol–water partition coefficient (Wildman–Crippen LogP) is 4.01. The summed E-state index contributed by atoms with van der Waals surface area (Å²) in [5.74, 6) is 0.927. The first kappa shape index (κ1) is 20.9. The maximum atomic E-state index is 4.42. The van der Waals surface area contributed by atoms with Gasteiger partial charge in [-0.3, -0.25) is 0 Å². The summed E-state index contributed by atoms with van der Waals surface area (Å²) >= 11 is 0. The molecule has 3 radical (unpaired) electrons. The second-order valence-corrected chi connectivity index (χ2v) is 4.39. The molecule has 0 aromatic rings. The van der Waals surface area contributed by atoms with Gasteiger partial charge in [-0.25, -0.2) is 0 Å². The van der Waals surface area contributed by atoms with E-state index in [1.807, 2.05) is 9.12 Å². The Bertz CT molecular complexity index is 98.0. The minimum atomic E-state index is 0. The van der Waals surface area contributed by atoms with Crippen LogP contribution >= 0.6 is 9.12 Å². The Morgan fingerprint density at radius 3 is 1.79 bits per heavy atom. The van der Waals surface area contributed by atoms with E-state index in [0.29, 0.717) is 0 Å². The van der Waals surface area contributed by atoms with Crippen molar-refractivity contribution in [2.75, 3.05) is 0 Å². The average molecular weight is 288 g/mol. The van der Waals surface area contributed by atoms with Crippen LogP contribution in [0, 0.1) is 18.3 Å². The third-order valence-electron chi connectivity index (χ3n) is 2.38. The normalized spacial score (nSPS) is 10.2. The molecule has 1 atom stereocenters. The van der Waals surface area contributed by atoms with Crippen LogP contribution in [-0.4, -0.2) is 7.57 Å². The molecule has 3 heteroatoms. The van der Waals surface area contributed by atoms with Gasteiger partial charge in [0.05, 0.1) is 7.57 Å². The SMILES string of the molecule is [B]P.[CH2-]C(C)(C)CCC(CC)CC.[Y]. The Morgan fingerprint density at radius 2 is 1.57 bits per heavy atom. The van der Waals surface area contributed by atoms with Crippen LogP contribution in [0.1, 0.15) is 53.4 Å². The van der Waals surface area contributed by atoms with Crippen molar-refractivity contribution in [3.63, 3.8) is 0 Å². The van der Waals surface area contributed by atoms with Gasteiger partial charge in [-0.1, -0.05) is 53.4 Å². The van der Waals surface area contributed by atoms with Crippen molar-refractivity contribution < 1.29 is 32.7 Å². The standard InChI is InChI=1S/C11H23.BH2P.Y/c1-6-10(7-2)8-9-11(3,4)5;1-2;/h10H,3,6-9H2,1-2,4-5H3;2H2;/q-1;;. The Hall–Kier alpha value is 1.60. The van der Waals surface area contributed by atoms with Crippen LogP contribution in [0.25, 0.3) is 0 Å². The number of rotatable bonds is 5. The molecular weight excluding hydrogens is 263 g/mol. The molecule has 0 saturated heterocycles.